The molecule has 4 atom stereocenters. The van der Waals surface area contributed by atoms with E-state index in [2.05, 4.69) is 26.6 Å². The molecule has 0 saturated carbocycles. The Labute approximate surface area is 192 Å². The van der Waals surface area contributed by atoms with Crippen LogP contribution < -0.4 is 10.6 Å². The number of carbonyl (C=O) groups is 2. The van der Waals surface area contributed by atoms with Crippen LogP contribution in [0.3, 0.4) is 0 Å². The van der Waals surface area contributed by atoms with E-state index < -0.39 is 42.0 Å². The van der Waals surface area contributed by atoms with Gasteiger partial charge < -0.3 is 30.5 Å². The van der Waals surface area contributed by atoms with Gasteiger partial charge in [0.1, 0.15) is 18.0 Å². The summed E-state index contributed by atoms with van der Waals surface area (Å²) in [5.74, 6) is -1.33. The highest BCUT2D eigenvalue weighted by Crippen LogP contribution is 2.27. The number of halogens is 2. The van der Waals surface area contributed by atoms with Crippen LogP contribution in [0.4, 0.5) is 10.1 Å². The minimum atomic E-state index is -1.22. The third-order valence-electron chi connectivity index (χ3n) is 5.31. The molecule has 0 radical (unpaired) electrons. The molecule has 0 aromatic heterocycles. The molecular weight excluding hydrogens is 493 g/mol. The van der Waals surface area contributed by atoms with Gasteiger partial charge in [-0.1, -0.05) is 6.08 Å². The molecule has 0 unspecified atom stereocenters. The second-order valence-electron chi connectivity index (χ2n) is 7.38. The van der Waals surface area contributed by atoms with Crippen LogP contribution in [0.25, 0.3) is 0 Å². The van der Waals surface area contributed by atoms with Crippen LogP contribution in [0.2, 0.25) is 0 Å². The van der Waals surface area contributed by atoms with Gasteiger partial charge in [0.25, 0.3) is 0 Å². The van der Waals surface area contributed by atoms with Crippen molar-refractivity contribution >= 4 is 50.8 Å². The molecule has 2 aliphatic rings. The zero-order valence-corrected chi connectivity index (χ0v) is 19.1. The lowest BCUT2D eigenvalue weighted by Crippen LogP contribution is -2.52. The van der Waals surface area contributed by atoms with Gasteiger partial charge in [-0.05, 0) is 59.2 Å². The number of anilines is 1. The van der Waals surface area contributed by atoms with Crippen molar-refractivity contribution in [3.05, 3.63) is 40.1 Å². The van der Waals surface area contributed by atoms with Crippen molar-refractivity contribution in [3.8, 4) is 0 Å². The second-order valence-corrected chi connectivity index (χ2v) is 8.64. The number of benzene rings is 1. The summed E-state index contributed by atoms with van der Waals surface area (Å²) in [6.45, 7) is 0.403. The minimum absolute atomic E-state index is 0.0573. The van der Waals surface area contributed by atoms with E-state index in [0.29, 0.717) is 29.5 Å². The van der Waals surface area contributed by atoms with Crippen molar-refractivity contribution < 1.29 is 28.9 Å². The smallest absolute Gasteiger partial charge is 0.328 e. The van der Waals surface area contributed by atoms with E-state index in [1.165, 1.54) is 36.3 Å². The first kappa shape index (κ1) is 23.6. The Kier molecular flexibility index (Phi) is 7.63. The van der Waals surface area contributed by atoms with Crippen molar-refractivity contribution in [2.45, 2.75) is 43.6 Å². The molecule has 1 aromatic rings. The van der Waals surface area contributed by atoms with Gasteiger partial charge in [0.05, 0.1) is 24.9 Å². The van der Waals surface area contributed by atoms with E-state index in [1.807, 2.05) is 0 Å². The highest BCUT2D eigenvalue weighted by atomic mass is 79.9. The standard InChI is InChI=1S/C20H23BrFN3O5S/c1-30-19(29)15-3-2-6-25(15)18(28)10-7-14(17(27)16(26)8-10)24-20(31)23-13-9-11(22)4-5-12(13)21/h4-5,7,9,14-17,26-27H,2-3,6,8H2,1H3,(H2,23,24,31)/t14-,15-,16-,17-/m1/s1. The van der Waals surface area contributed by atoms with Gasteiger partial charge in [0.15, 0.2) is 5.11 Å². The maximum absolute atomic E-state index is 13.5. The minimum Gasteiger partial charge on any atom is -0.467 e. The number of hydrogen-bond acceptors (Lipinski definition) is 6. The van der Waals surface area contributed by atoms with Crippen molar-refractivity contribution in [1.29, 1.82) is 0 Å². The van der Waals surface area contributed by atoms with Crippen molar-refractivity contribution in [2.24, 2.45) is 0 Å². The molecule has 1 fully saturated rings. The molecule has 0 spiro atoms. The number of nitrogens with zero attached hydrogens (tertiary/aromatic N) is 1. The summed E-state index contributed by atoms with van der Waals surface area (Å²) in [6, 6.07) is 2.52. The third-order valence-corrected chi connectivity index (χ3v) is 6.22. The summed E-state index contributed by atoms with van der Waals surface area (Å²) in [4.78, 5) is 26.4. The fourth-order valence-corrected chi connectivity index (χ4v) is 4.32. The predicted octanol–water partition coefficient (Wildman–Crippen LogP) is 1.46. The number of amides is 1. The molecule has 31 heavy (non-hydrogen) atoms. The Balaban J connectivity index is 1.74. The zero-order chi connectivity index (χ0) is 22.7. The predicted molar refractivity (Wildman–Crippen MR) is 119 cm³/mol. The van der Waals surface area contributed by atoms with Crippen LogP contribution >= 0.6 is 28.1 Å². The van der Waals surface area contributed by atoms with Crippen LogP contribution in [-0.2, 0) is 14.3 Å². The fourth-order valence-electron chi connectivity index (χ4n) is 3.73. The quantitative estimate of drug-likeness (QED) is 0.352. The van der Waals surface area contributed by atoms with Crippen LogP contribution in [0.5, 0.6) is 0 Å². The number of aliphatic hydroxyl groups is 2. The van der Waals surface area contributed by atoms with Gasteiger partial charge in [-0.2, -0.15) is 0 Å². The van der Waals surface area contributed by atoms with Crippen molar-refractivity contribution in [2.75, 3.05) is 19.0 Å². The highest BCUT2D eigenvalue weighted by molar-refractivity contribution is 9.10. The molecule has 1 aromatic carbocycles. The number of methoxy groups -OCH3 is 1. The average molecular weight is 516 g/mol. The zero-order valence-electron chi connectivity index (χ0n) is 16.7. The molecule has 1 saturated heterocycles. The van der Waals surface area contributed by atoms with Gasteiger partial charge in [0, 0.05) is 23.0 Å². The second kappa shape index (κ2) is 10.0. The molecule has 8 nitrogen and oxygen atoms in total. The number of hydrogen-bond donors (Lipinski definition) is 4. The van der Waals surface area contributed by atoms with E-state index in [4.69, 9.17) is 17.0 Å². The Hall–Kier alpha value is -2.08. The summed E-state index contributed by atoms with van der Waals surface area (Å²) in [7, 11) is 1.27. The molecule has 1 heterocycles. The maximum atomic E-state index is 13.5. The van der Waals surface area contributed by atoms with E-state index in [1.54, 1.807) is 0 Å². The largest absolute Gasteiger partial charge is 0.467 e. The summed E-state index contributed by atoms with van der Waals surface area (Å²) in [6.07, 6.45) is 0.197. The number of rotatable bonds is 4. The monoisotopic (exact) mass is 515 g/mol. The lowest BCUT2D eigenvalue weighted by Gasteiger charge is -2.33. The molecule has 0 bridgehead atoms. The number of esters is 1. The molecule has 168 valence electrons. The van der Waals surface area contributed by atoms with E-state index in [9.17, 15) is 24.2 Å². The third kappa shape index (κ3) is 5.40. The maximum Gasteiger partial charge on any atom is 0.328 e. The number of carbonyl (C=O) groups excluding carboxylic acids is 2. The summed E-state index contributed by atoms with van der Waals surface area (Å²) >= 11 is 8.54. The van der Waals surface area contributed by atoms with Crippen molar-refractivity contribution in [3.63, 3.8) is 0 Å². The number of nitrogens with one attached hydrogen (secondary N) is 2. The first-order chi connectivity index (χ1) is 14.7. The normalized spacial score (nSPS) is 25.6. The van der Waals surface area contributed by atoms with E-state index in [0.717, 1.165) is 0 Å². The summed E-state index contributed by atoms with van der Waals surface area (Å²) in [5.41, 5.74) is 0.641. The van der Waals surface area contributed by atoms with Crippen LogP contribution in [-0.4, -0.2) is 70.0 Å². The fraction of sp³-hybridized carbons (Fsp3) is 0.450. The lowest BCUT2D eigenvalue weighted by atomic mass is 9.89. The first-order valence-electron chi connectivity index (χ1n) is 9.69. The first-order valence-corrected chi connectivity index (χ1v) is 10.9. The number of thiocarbonyl (C=S) groups is 1. The van der Waals surface area contributed by atoms with Gasteiger partial charge >= 0.3 is 5.97 Å². The Morgan fingerprint density at radius 2 is 2.10 bits per heavy atom. The Morgan fingerprint density at radius 1 is 1.35 bits per heavy atom. The SMILES string of the molecule is COC(=O)[C@H]1CCCN1C(=O)C1=C[C@@H](NC(=S)Nc2cc(F)ccc2Br)[C@@H](O)[C@H](O)C1. The number of likely N-dealkylation sites (tertiary alicyclic amines) is 1. The topological polar surface area (TPSA) is 111 Å². The molecule has 11 heteroatoms. The van der Waals surface area contributed by atoms with Gasteiger partial charge in [-0.25, -0.2) is 9.18 Å². The summed E-state index contributed by atoms with van der Waals surface area (Å²) in [5, 5.41) is 26.4. The van der Waals surface area contributed by atoms with Crippen LogP contribution in [0.15, 0.2) is 34.3 Å². The molecule has 3 rings (SSSR count). The van der Waals surface area contributed by atoms with Crippen LogP contribution in [0, 0.1) is 5.82 Å². The van der Waals surface area contributed by atoms with Gasteiger partial charge in [-0.15, -0.1) is 0 Å². The molecule has 1 amide bonds. The Morgan fingerprint density at radius 3 is 2.81 bits per heavy atom. The summed E-state index contributed by atoms with van der Waals surface area (Å²) < 4.78 is 18.8. The molecule has 1 aliphatic heterocycles. The number of aliphatic hydroxyl groups excluding tert-OH is 2. The highest BCUT2D eigenvalue weighted by Gasteiger charge is 2.39. The van der Waals surface area contributed by atoms with Gasteiger partial charge in [0.2, 0.25) is 5.91 Å². The Bertz CT molecular complexity index is 915. The van der Waals surface area contributed by atoms with E-state index >= 15 is 0 Å². The van der Waals surface area contributed by atoms with Gasteiger partial charge in [-0.3, -0.25) is 4.79 Å². The van der Waals surface area contributed by atoms with Crippen molar-refractivity contribution in [1.82, 2.24) is 10.2 Å². The van der Waals surface area contributed by atoms with E-state index in [-0.39, 0.29) is 17.1 Å². The molecular formula is C20H23BrFN3O5S. The lowest BCUT2D eigenvalue weighted by molar-refractivity contribution is -0.150. The molecule has 1 aliphatic carbocycles. The average Bonchev–Trinajstić information content (AvgIpc) is 3.22. The number of ether oxygens (including phenoxy) is 1. The van der Waals surface area contributed by atoms with Crippen LogP contribution in [0.1, 0.15) is 19.3 Å². The molecule has 4 N–H and O–H groups in total.